The van der Waals surface area contributed by atoms with Crippen LogP contribution in [0.2, 0.25) is 0 Å². The molecule has 0 aliphatic carbocycles. The summed E-state index contributed by atoms with van der Waals surface area (Å²) >= 11 is 0. The topological polar surface area (TPSA) is 0 Å². The maximum absolute atomic E-state index is 12.2. The first kappa shape index (κ1) is 10.8. The Morgan fingerprint density at radius 2 is 1.71 bits per heavy atom. The zero-order chi connectivity index (χ0) is 10.6. The van der Waals surface area contributed by atoms with Crippen LogP contribution in [0.4, 0.5) is 13.2 Å². The molecule has 0 N–H and O–H groups in total. The molecule has 0 aromatic heterocycles. The van der Waals surface area contributed by atoms with E-state index in [9.17, 15) is 13.2 Å². The maximum Gasteiger partial charge on any atom is 0.416 e. The molecule has 0 aliphatic heterocycles. The molecule has 1 aromatic rings. The van der Waals surface area contributed by atoms with Crippen LogP contribution < -0.4 is 0 Å². The van der Waals surface area contributed by atoms with Crippen molar-refractivity contribution in [3.05, 3.63) is 41.5 Å². The van der Waals surface area contributed by atoms with Gasteiger partial charge in [-0.25, -0.2) is 0 Å². The van der Waals surface area contributed by atoms with Crippen molar-refractivity contribution < 1.29 is 13.2 Å². The summed E-state index contributed by atoms with van der Waals surface area (Å²) < 4.78 is 36.5. The summed E-state index contributed by atoms with van der Waals surface area (Å²) in [7, 11) is 0. The van der Waals surface area contributed by atoms with E-state index in [0.717, 1.165) is 24.1 Å². The van der Waals surface area contributed by atoms with Gasteiger partial charge in [0.2, 0.25) is 0 Å². The Hall–Kier alpha value is -1.25. The summed E-state index contributed by atoms with van der Waals surface area (Å²) in [4.78, 5) is 0. The van der Waals surface area contributed by atoms with Crippen LogP contribution in [-0.4, -0.2) is 0 Å². The summed E-state index contributed by atoms with van der Waals surface area (Å²) in [6.45, 7) is 1.97. The van der Waals surface area contributed by atoms with Crippen molar-refractivity contribution >= 4 is 6.08 Å². The highest BCUT2D eigenvalue weighted by molar-refractivity contribution is 5.49. The van der Waals surface area contributed by atoms with Crippen LogP contribution >= 0.6 is 0 Å². The predicted octanol–water partition coefficient (Wildman–Crippen LogP) is 4.13. The lowest BCUT2D eigenvalue weighted by Gasteiger charge is -2.05. The third-order valence-electron chi connectivity index (χ3n) is 1.78. The van der Waals surface area contributed by atoms with Crippen molar-refractivity contribution in [2.75, 3.05) is 0 Å². The van der Waals surface area contributed by atoms with E-state index in [1.165, 1.54) is 12.1 Å². The third-order valence-corrected chi connectivity index (χ3v) is 1.78. The molecular formula is C11H11F3. The SMILES string of the molecule is CC/C=C\c1ccc(C(F)(F)F)cc1. The fourth-order valence-electron chi connectivity index (χ4n) is 1.04. The van der Waals surface area contributed by atoms with Gasteiger partial charge in [-0.1, -0.05) is 31.2 Å². The number of hydrogen-bond donors (Lipinski definition) is 0. The molecule has 0 unspecified atom stereocenters. The molecule has 0 saturated carbocycles. The number of benzene rings is 1. The highest BCUT2D eigenvalue weighted by Crippen LogP contribution is 2.29. The van der Waals surface area contributed by atoms with Gasteiger partial charge in [-0.3, -0.25) is 0 Å². The number of hydrogen-bond acceptors (Lipinski definition) is 0. The van der Waals surface area contributed by atoms with E-state index in [4.69, 9.17) is 0 Å². The van der Waals surface area contributed by atoms with E-state index < -0.39 is 11.7 Å². The van der Waals surface area contributed by atoms with Gasteiger partial charge in [0, 0.05) is 0 Å². The first-order valence-electron chi connectivity index (χ1n) is 4.38. The zero-order valence-electron chi connectivity index (χ0n) is 7.81. The van der Waals surface area contributed by atoms with E-state index in [0.29, 0.717) is 0 Å². The molecule has 0 nitrogen and oxygen atoms in total. The number of rotatable bonds is 2. The minimum Gasteiger partial charge on any atom is -0.166 e. The largest absolute Gasteiger partial charge is 0.416 e. The molecule has 1 aromatic carbocycles. The predicted molar refractivity (Wildman–Crippen MR) is 50.8 cm³/mol. The zero-order valence-corrected chi connectivity index (χ0v) is 7.81. The van der Waals surface area contributed by atoms with Crippen LogP contribution in [0.15, 0.2) is 30.3 Å². The summed E-state index contributed by atoms with van der Waals surface area (Å²) in [6.07, 6.45) is 0.344. The van der Waals surface area contributed by atoms with Crippen molar-refractivity contribution in [1.29, 1.82) is 0 Å². The van der Waals surface area contributed by atoms with Gasteiger partial charge in [0.05, 0.1) is 5.56 Å². The van der Waals surface area contributed by atoms with Crippen LogP contribution in [0, 0.1) is 0 Å². The first-order valence-corrected chi connectivity index (χ1v) is 4.38. The van der Waals surface area contributed by atoms with Crippen molar-refractivity contribution in [1.82, 2.24) is 0 Å². The van der Waals surface area contributed by atoms with E-state index in [1.807, 2.05) is 13.0 Å². The number of halogens is 3. The Kier molecular flexibility index (Phi) is 3.33. The van der Waals surface area contributed by atoms with Crippen LogP contribution in [0.25, 0.3) is 6.08 Å². The quantitative estimate of drug-likeness (QED) is 0.673. The molecule has 14 heavy (non-hydrogen) atoms. The minimum atomic E-state index is -4.24. The molecule has 0 fully saturated rings. The van der Waals surface area contributed by atoms with Crippen molar-refractivity contribution in [3.63, 3.8) is 0 Å². The molecule has 0 saturated heterocycles. The average molecular weight is 200 g/mol. The van der Waals surface area contributed by atoms with Crippen LogP contribution in [-0.2, 0) is 6.18 Å². The van der Waals surface area contributed by atoms with Gasteiger partial charge in [0.1, 0.15) is 0 Å². The Balaban J connectivity index is 2.84. The molecule has 76 valence electrons. The molecular weight excluding hydrogens is 189 g/mol. The van der Waals surface area contributed by atoms with Crippen molar-refractivity contribution in [2.45, 2.75) is 19.5 Å². The van der Waals surface area contributed by atoms with Gasteiger partial charge in [-0.05, 0) is 24.1 Å². The molecule has 0 spiro atoms. The standard InChI is InChI=1S/C11H11F3/c1-2-3-4-9-5-7-10(8-6-9)11(12,13)14/h3-8H,2H2,1H3/b4-3-. The Morgan fingerprint density at radius 3 is 2.14 bits per heavy atom. The van der Waals surface area contributed by atoms with Gasteiger partial charge >= 0.3 is 6.18 Å². The Morgan fingerprint density at radius 1 is 1.14 bits per heavy atom. The van der Waals surface area contributed by atoms with Gasteiger partial charge in [0.25, 0.3) is 0 Å². The van der Waals surface area contributed by atoms with E-state index >= 15 is 0 Å². The summed E-state index contributed by atoms with van der Waals surface area (Å²) in [5.74, 6) is 0. The third kappa shape index (κ3) is 2.91. The Labute approximate surface area is 81.1 Å². The van der Waals surface area contributed by atoms with E-state index in [2.05, 4.69) is 0 Å². The normalized spacial score (nSPS) is 12.3. The molecule has 0 bridgehead atoms. The molecule has 0 atom stereocenters. The second-order valence-electron chi connectivity index (χ2n) is 2.93. The van der Waals surface area contributed by atoms with E-state index in [-0.39, 0.29) is 0 Å². The fraction of sp³-hybridized carbons (Fsp3) is 0.273. The summed E-state index contributed by atoms with van der Waals surface area (Å²) in [5.41, 5.74) is 0.186. The monoisotopic (exact) mass is 200 g/mol. The van der Waals surface area contributed by atoms with Gasteiger partial charge in [-0.2, -0.15) is 13.2 Å². The second kappa shape index (κ2) is 4.31. The minimum absolute atomic E-state index is 0.605. The molecule has 3 heteroatoms. The van der Waals surface area contributed by atoms with Gasteiger partial charge in [0.15, 0.2) is 0 Å². The van der Waals surface area contributed by atoms with Crippen molar-refractivity contribution in [2.24, 2.45) is 0 Å². The van der Waals surface area contributed by atoms with Gasteiger partial charge in [-0.15, -0.1) is 0 Å². The number of alkyl halides is 3. The summed E-state index contributed by atoms with van der Waals surface area (Å²) in [5, 5.41) is 0. The van der Waals surface area contributed by atoms with Gasteiger partial charge < -0.3 is 0 Å². The van der Waals surface area contributed by atoms with Crippen LogP contribution in [0.1, 0.15) is 24.5 Å². The highest BCUT2D eigenvalue weighted by Gasteiger charge is 2.29. The second-order valence-corrected chi connectivity index (χ2v) is 2.93. The molecule has 0 heterocycles. The molecule has 1 rings (SSSR count). The molecule has 0 amide bonds. The van der Waals surface area contributed by atoms with Crippen LogP contribution in [0.5, 0.6) is 0 Å². The van der Waals surface area contributed by atoms with Crippen LogP contribution in [0.3, 0.4) is 0 Å². The average Bonchev–Trinajstić information content (AvgIpc) is 2.14. The number of allylic oxidation sites excluding steroid dienone is 1. The summed E-state index contributed by atoms with van der Waals surface area (Å²) in [6, 6.07) is 5.12. The molecule has 0 radical (unpaired) electrons. The smallest absolute Gasteiger partial charge is 0.166 e. The lowest BCUT2D eigenvalue weighted by atomic mass is 10.1. The van der Waals surface area contributed by atoms with Crippen molar-refractivity contribution in [3.8, 4) is 0 Å². The lowest BCUT2D eigenvalue weighted by molar-refractivity contribution is -0.137. The first-order chi connectivity index (χ1) is 6.54. The lowest BCUT2D eigenvalue weighted by Crippen LogP contribution is -2.03. The molecule has 0 aliphatic rings. The highest BCUT2D eigenvalue weighted by atomic mass is 19.4. The fourth-order valence-corrected chi connectivity index (χ4v) is 1.04. The van der Waals surface area contributed by atoms with E-state index in [1.54, 1.807) is 6.08 Å². The maximum atomic E-state index is 12.2. The Bertz CT molecular complexity index is 306.